The molecule has 1 aliphatic rings. The Morgan fingerprint density at radius 1 is 1.21 bits per heavy atom. The monoisotopic (exact) mass is 322 g/mol. The maximum absolute atomic E-state index is 12.4. The van der Waals surface area contributed by atoms with Crippen LogP contribution in [0.3, 0.4) is 0 Å². The molecule has 0 bridgehead atoms. The lowest BCUT2D eigenvalue weighted by molar-refractivity contribution is 0.0498. The van der Waals surface area contributed by atoms with Crippen molar-refractivity contribution in [3.63, 3.8) is 0 Å². The molecule has 4 rings (SSSR count). The molecule has 0 N–H and O–H groups in total. The lowest BCUT2D eigenvalue weighted by Crippen LogP contribution is -2.50. The average molecular weight is 322 g/mol. The second-order valence-electron chi connectivity index (χ2n) is 5.90. The first-order chi connectivity index (χ1) is 11.7. The summed E-state index contributed by atoms with van der Waals surface area (Å²) in [5, 5.41) is 12.6. The Balaban J connectivity index is 1.41. The van der Waals surface area contributed by atoms with Gasteiger partial charge in [-0.3, -0.25) is 9.48 Å². The number of rotatable bonds is 4. The van der Waals surface area contributed by atoms with Crippen molar-refractivity contribution < 1.29 is 4.79 Å². The molecular weight excluding hydrogens is 304 g/mol. The Hall–Kier alpha value is -2.96. The third kappa shape index (κ3) is 2.58. The number of hydrogen-bond donors (Lipinski definition) is 0. The smallest absolute Gasteiger partial charge is 0.257 e. The number of amides is 1. The molecule has 0 unspecified atom stereocenters. The van der Waals surface area contributed by atoms with Crippen molar-refractivity contribution in [2.75, 3.05) is 13.1 Å². The van der Waals surface area contributed by atoms with Crippen molar-refractivity contribution in [1.82, 2.24) is 29.7 Å². The standard InChI is InChI=1S/C17H18N6O/c1-2-22-9-14(8-18-22)17(24)21-10-15(11-21)23-12-16(19-20-23)13-6-4-3-5-7-13/h3-9,12,15H,2,10-11H2,1H3. The highest BCUT2D eigenvalue weighted by Crippen LogP contribution is 2.24. The summed E-state index contributed by atoms with van der Waals surface area (Å²) in [6, 6.07) is 10.1. The van der Waals surface area contributed by atoms with Gasteiger partial charge in [-0.2, -0.15) is 5.10 Å². The molecule has 24 heavy (non-hydrogen) atoms. The van der Waals surface area contributed by atoms with Crippen LogP contribution in [0.15, 0.2) is 48.9 Å². The third-order valence-corrected chi connectivity index (χ3v) is 4.31. The summed E-state index contributed by atoms with van der Waals surface area (Å²) in [6.07, 6.45) is 5.36. The van der Waals surface area contributed by atoms with E-state index in [0.29, 0.717) is 18.7 Å². The molecule has 3 heterocycles. The van der Waals surface area contributed by atoms with Gasteiger partial charge in [0, 0.05) is 31.4 Å². The summed E-state index contributed by atoms with van der Waals surface area (Å²) in [5.74, 6) is 0.0225. The van der Waals surface area contributed by atoms with Crippen molar-refractivity contribution in [3.05, 3.63) is 54.5 Å². The Kier molecular flexibility index (Phi) is 3.60. The number of aromatic nitrogens is 5. The predicted molar refractivity (Wildman–Crippen MR) is 88.3 cm³/mol. The van der Waals surface area contributed by atoms with Crippen LogP contribution in [0.4, 0.5) is 0 Å². The Bertz CT molecular complexity index is 847. The van der Waals surface area contributed by atoms with E-state index in [9.17, 15) is 4.79 Å². The molecule has 1 aliphatic heterocycles. The Morgan fingerprint density at radius 2 is 2.00 bits per heavy atom. The molecular formula is C17H18N6O. The van der Waals surface area contributed by atoms with Gasteiger partial charge in [0.1, 0.15) is 5.69 Å². The van der Waals surface area contributed by atoms with Crippen LogP contribution >= 0.6 is 0 Å². The summed E-state index contributed by atoms with van der Waals surface area (Å²) >= 11 is 0. The highest BCUT2D eigenvalue weighted by molar-refractivity contribution is 5.94. The highest BCUT2D eigenvalue weighted by Gasteiger charge is 2.33. The number of aryl methyl sites for hydroxylation is 1. The van der Waals surface area contributed by atoms with E-state index >= 15 is 0 Å². The summed E-state index contributed by atoms with van der Waals surface area (Å²) in [7, 11) is 0. The topological polar surface area (TPSA) is 68.8 Å². The van der Waals surface area contributed by atoms with Crippen LogP contribution in [0, 0.1) is 0 Å². The number of carbonyl (C=O) groups is 1. The zero-order valence-electron chi connectivity index (χ0n) is 13.4. The SMILES string of the molecule is CCn1cc(C(=O)N2CC(n3cc(-c4ccccc4)nn3)C2)cn1. The van der Waals surface area contributed by atoms with E-state index in [1.54, 1.807) is 17.1 Å². The van der Waals surface area contributed by atoms with Gasteiger partial charge in [0.2, 0.25) is 0 Å². The average Bonchev–Trinajstić information content (AvgIpc) is 3.24. The van der Waals surface area contributed by atoms with Crippen LogP contribution in [0.2, 0.25) is 0 Å². The minimum Gasteiger partial charge on any atom is -0.334 e. The van der Waals surface area contributed by atoms with Gasteiger partial charge < -0.3 is 4.90 Å². The van der Waals surface area contributed by atoms with Gasteiger partial charge in [-0.05, 0) is 6.92 Å². The van der Waals surface area contributed by atoms with Crippen LogP contribution in [0.1, 0.15) is 23.3 Å². The molecule has 0 aliphatic carbocycles. The van der Waals surface area contributed by atoms with E-state index in [1.807, 2.05) is 53.0 Å². The highest BCUT2D eigenvalue weighted by atomic mass is 16.2. The first-order valence-electron chi connectivity index (χ1n) is 8.03. The first-order valence-corrected chi connectivity index (χ1v) is 8.03. The van der Waals surface area contributed by atoms with Crippen molar-refractivity contribution in [1.29, 1.82) is 0 Å². The van der Waals surface area contributed by atoms with Crippen LogP contribution in [-0.4, -0.2) is 48.7 Å². The Morgan fingerprint density at radius 3 is 2.71 bits per heavy atom. The second kappa shape index (κ2) is 5.92. The molecule has 3 aromatic rings. The lowest BCUT2D eigenvalue weighted by Gasteiger charge is -2.38. The number of nitrogens with zero attached hydrogens (tertiary/aromatic N) is 6. The van der Waals surface area contributed by atoms with Crippen molar-refractivity contribution >= 4 is 5.91 Å². The quantitative estimate of drug-likeness (QED) is 0.735. The second-order valence-corrected chi connectivity index (χ2v) is 5.90. The minimum absolute atomic E-state index is 0.0225. The summed E-state index contributed by atoms with van der Waals surface area (Å²) in [5.41, 5.74) is 2.53. The molecule has 0 radical (unpaired) electrons. The van der Waals surface area contributed by atoms with Crippen LogP contribution in [0.25, 0.3) is 11.3 Å². The van der Waals surface area contributed by atoms with Gasteiger partial charge in [-0.15, -0.1) is 5.10 Å². The van der Waals surface area contributed by atoms with Gasteiger partial charge in [0.15, 0.2) is 0 Å². The Labute approximate surface area is 139 Å². The van der Waals surface area contributed by atoms with Gasteiger partial charge in [0.05, 0.1) is 24.0 Å². The molecule has 7 nitrogen and oxygen atoms in total. The third-order valence-electron chi connectivity index (χ3n) is 4.31. The molecule has 1 saturated heterocycles. The summed E-state index contributed by atoms with van der Waals surface area (Å²) in [4.78, 5) is 14.2. The number of carbonyl (C=O) groups excluding carboxylic acids is 1. The lowest BCUT2D eigenvalue weighted by atomic mass is 10.1. The van der Waals surface area contributed by atoms with E-state index in [1.165, 1.54) is 0 Å². The molecule has 2 aromatic heterocycles. The fourth-order valence-electron chi connectivity index (χ4n) is 2.81. The zero-order valence-corrected chi connectivity index (χ0v) is 13.4. The summed E-state index contributed by atoms with van der Waals surface area (Å²) in [6.45, 7) is 4.05. The van der Waals surface area contributed by atoms with Crippen LogP contribution < -0.4 is 0 Å². The largest absolute Gasteiger partial charge is 0.334 e. The molecule has 0 saturated carbocycles. The minimum atomic E-state index is 0.0225. The van der Waals surface area contributed by atoms with E-state index < -0.39 is 0 Å². The fraction of sp³-hybridized carbons (Fsp3) is 0.294. The summed E-state index contributed by atoms with van der Waals surface area (Å²) < 4.78 is 3.61. The molecule has 0 atom stereocenters. The van der Waals surface area contributed by atoms with Gasteiger partial charge >= 0.3 is 0 Å². The fourth-order valence-corrected chi connectivity index (χ4v) is 2.81. The van der Waals surface area contributed by atoms with Crippen molar-refractivity contribution in [2.24, 2.45) is 0 Å². The van der Waals surface area contributed by atoms with Crippen molar-refractivity contribution in [2.45, 2.75) is 19.5 Å². The van der Waals surface area contributed by atoms with E-state index in [2.05, 4.69) is 15.4 Å². The number of likely N-dealkylation sites (tertiary alicyclic amines) is 1. The zero-order chi connectivity index (χ0) is 16.5. The maximum Gasteiger partial charge on any atom is 0.257 e. The maximum atomic E-state index is 12.4. The molecule has 7 heteroatoms. The van der Waals surface area contributed by atoms with E-state index in [0.717, 1.165) is 17.8 Å². The number of benzene rings is 1. The predicted octanol–water partition coefficient (Wildman–Crippen LogP) is 1.86. The van der Waals surface area contributed by atoms with Gasteiger partial charge in [0.25, 0.3) is 5.91 Å². The molecule has 0 spiro atoms. The van der Waals surface area contributed by atoms with Gasteiger partial charge in [-0.1, -0.05) is 35.5 Å². The van der Waals surface area contributed by atoms with E-state index in [4.69, 9.17) is 0 Å². The van der Waals surface area contributed by atoms with E-state index in [-0.39, 0.29) is 11.9 Å². The van der Waals surface area contributed by atoms with Crippen LogP contribution in [-0.2, 0) is 6.54 Å². The molecule has 1 fully saturated rings. The molecule has 1 aromatic carbocycles. The number of hydrogen-bond acceptors (Lipinski definition) is 4. The van der Waals surface area contributed by atoms with Crippen LogP contribution in [0.5, 0.6) is 0 Å². The molecule has 1 amide bonds. The molecule has 122 valence electrons. The normalized spacial score (nSPS) is 14.6. The van der Waals surface area contributed by atoms with Gasteiger partial charge in [-0.25, -0.2) is 4.68 Å². The first kappa shape index (κ1) is 14.6. The van der Waals surface area contributed by atoms with Crippen molar-refractivity contribution in [3.8, 4) is 11.3 Å².